The maximum absolute atomic E-state index is 12.3. The number of rotatable bonds is 6. The van der Waals surface area contributed by atoms with Gasteiger partial charge in [-0.3, -0.25) is 14.4 Å². The van der Waals surface area contributed by atoms with Gasteiger partial charge in [0.15, 0.2) is 10.9 Å². The van der Waals surface area contributed by atoms with E-state index in [2.05, 4.69) is 15.3 Å². The lowest BCUT2D eigenvalue weighted by Crippen LogP contribution is -2.11. The number of Topliss-reactive ketones (excluding diaryl/α,β-unsaturated/α-hetero) is 1. The Bertz CT molecular complexity index is 860. The summed E-state index contributed by atoms with van der Waals surface area (Å²) in [4.78, 5) is 42.3. The minimum Gasteiger partial charge on any atom is -0.326 e. The third kappa shape index (κ3) is 3.73. The Balaban J connectivity index is 1.69. The van der Waals surface area contributed by atoms with Gasteiger partial charge in [-0.1, -0.05) is 25.1 Å². The number of carbonyl (C=O) groups is 2. The highest BCUT2D eigenvalue weighted by Crippen LogP contribution is 2.25. The minimum absolute atomic E-state index is 0.0570. The summed E-state index contributed by atoms with van der Waals surface area (Å²) in [6.07, 6.45) is 1.94. The zero-order chi connectivity index (χ0) is 17.1. The molecule has 0 spiro atoms. The number of H-pyrrole nitrogens is 1. The van der Waals surface area contributed by atoms with Gasteiger partial charge in [0, 0.05) is 23.0 Å². The molecule has 2 aromatic rings. The van der Waals surface area contributed by atoms with Crippen LogP contribution in [0.15, 0.2) is 34.2 Å². The molecule has 0 atom stereocenters. The number of aromatic amines is 1. The fraction of sp³-hybridized carbons (Fsp3) is 0.294. The number of benzene rings is 1. The van der Waals surface area contributed by atoms with E-state index in [0.717, 1.165) is 29.8 Å². The summed E-state index contributed by atoms with van der Waals surface area (Å²) in [5.41, 5.74) is 2.70. The van der Waals surface area contributed by atoms with Crippen molar-refractivity contribution < 1.29 is 9.59 Å². The normalized spacial score (nSPS) is 12.8. The Hall–Kier alpha value is -2.41. The number of thioether (sulfide) groups is 1. The van der Waals surface area contributed by atoms with Gasteiger partial charge in [-0.2, -0.15) is 0 Å². The number of hydrogen-bond donors (Lipinski definition) is 2. The molecule has 3 rings (SSSR count). The van der Waals surface area contributed by atoms with Crippen molar-refractivity contribution in [1.82, 2.24) is 9.97 Å². The van der Waals surface area contributed by atoms with E-state index in [1.807, 2.05) is 6.92 Å². The Labute approximate surface area is 143 Å². The molecule has 1 amide bonds. The van der Waals surface area contributed by atoms with E-state index in [1.54, 1.807) is 18.2 Å². The summed E-state index contributed by atoms with van der Waals surface area (Å²) in [6.45, 7) is 2.02. The van der Waals surface area contributed by atoms with Crippen LogP contribution in [-0.4, -0.2) is 27.4 Å². The van der Waals surface area contributed by atoms with E-state index in [1.165, 1.54) is 17.8 Å². The average Bonchev–Trinajstić information content (AvgIpc) is 2.91. The largest absolute Gasteiger partial charge is 0.326 e. The second-order valence-corrected chi connectivity index (χ2v) is 6.56. The van der Waals surface area contributed by atoms with Crippen molar-refractivity contribution in [2.45, 2.75) is 31.3 Å². The number of anilines is 1. The van der Waals surface area contributed by atoms with E-state index in [4.69, 9.17) is 0 Å². The Morgan fingerprint density at radius 1 is 1.29 bits per heavy atom. The fourth-order valence-corrected chi connectivity index (χ4v) is 3.35. The topological polar surface area (TPSA) is 91.9 Å². The summed E-state index contributed by atoms with van der Waals surface area (Å²) in [5.74, 6) is 0.0581. The summed E-state index contributed by atoms with van der Waals surface area (Å²) in [7, 11) is 0. The van der Waals surface area contributed by atoms with Crippen LogP contribution in [0.5, 0.6) is 0 Å². The van der Waals surface area contributed by atoms with Crippen LogP contribution in [0.3, 0.4) is 0 Å². The summed E-state index contributed by atoms with van der Waals surface area (Å²) >= 11 is 1.21. The van der Waals surface area contributed by atoms with Gasteiger partial charge in [-0.25, -0.2) is 4.98 Å². The molecule has 0 unspecified atom stereocenters. The number of hydrogen-bond acceptors (Lipinski definition) is 5. The molecule has 24 heavy (non-hydrogen) atoms. The molecule has 7 heteroatoms. The van der Waals surface area contributed by atoms with Crippen LogP contribution in [0.4, 0.5) is 5.69 Å². The van der Waals surface area contributed by atoms with Crippen molar-refractivity contribution in [1.29, 1.82) is 0 Å². The highest BCUT2D eigenvalue weighted by Gasteiger charge is 2.19. The van der Waals surface area contributed by atoms with Crippen molar-refractivity contribution >= 4 is 29.1 Å². The first-order chi connectivity index (χ1) is 11.5. The Morgan fingerprint density at radius 3 is 2.92 bits per heavy atom. The summed E-state index contributed by atoms with van der Waals surface area (Å²) in [5, 5.41) is 3.20. The number of nitrogens with zero attached hydrogens (tertiary/aromatic N) is 1. The second kappa shape index (κ2) is 7.00. The number of ketones is 1. The quantitative estimate of drug-likeness (QED) is 0.476. The van der Waals surface area contributed by atoms with Gasteiger partial charge in [0.25, 0.3) is 5.56 Å². The predicted octanol–water partition coefficient (Wildman–Crippen LogP) is 2.19. The van der Waals surface area contributed by atoms with Gasteiger partial charge in [-0.05, 0) is 30.2 Å². The molecule has 1 aromatic carbocycles. The van der Waals surface area contributed by atoms with Crippen molar-refractivity contribution in [2.24, 2.45) is 0 Å². The molecule has 0 fully saturated rings. The van der Waals surface area contributed by atoms with E-state index < -0.39 is 0 Å². The van der Waals surface area contributed by atoms with Crippen LogP contribution in [-0.2, 0) is 17.6 Å². The highest BCUT2D eigenvalue weighted by atomic mass is 32.2. The number of fused-ring (bicyclic) bond motifs is 1. The molecule has 1 aliphatic heterocycles. The second-order valence-electron chi connectivity index (χ2n) is 5.60. The first-order valence-corrected chi connectivity index (χ1v) is 8.72. The van der Waals surface area contributed by atoms with Gasteiger partial charge < -0.3 is 10.3 Å². The Kier molecular flexibility index (Phi) is 4.80. The molecule has 6 nitrogen and oxygen atoms in total. The molecular formula is C17H17N3O3S. The lowest BCUT2D eigenvalue weighted by molar-refractivity contribution is -0.115. The average molecular weight is 343 g/mol. The fourth-order valence-electron chi connectivity index (χ4n) is 2.56. The number of amides is 1. The summed E-state index contributed by atoms with van der Waals surface area (Å²) in [6, 6.07) is 6.69. The van der Waals surface area contributed by atoms with E-state index in [-0.39, 0.29) is 23.0 Å². The third-order valence-corrected chi connectivity index (χ3v) is 4.54. The number of carbonyl (C=O) groups excluding carboxylic acids is 2. The SMILES string of the molecule is CCCc1cc(=O)[nH]c(SCC(=O)c2ccc3c(c2)CC(=O)N3)n1. The van der Waals surface area contributed by atoms with Crippen LogP contribution in [0.1, 0.15) is 35.0 Å². The highest BCUT2D eigenvalue weighted by molar-refractivity contribution is 7.99. The lowest BCUT2D eigenvalue weighted by Gasteiger charge is -2.05. The van der Waals surface area contributed by atoms with Gasteiger partial charge in [0.1, 0.15) is 0 Å². The maximum atomic E-state index is 12.3. The molecule has 0 aliphatic carbocycles. The van der Waals surface area contributed by atoms with Crippen LogP contribution < -0.4 is 10.9 Å². The first-order valence-electron chi connectivity index (χ1n) is 7.74. The molecule has 0 bridgehead atoms. The number of nitrogens with one attached hydrogen (secondary N) is 2. The monoisotopic (exact) mass is 343 g/mol. The van der Waals surface area contributed by atoms with Crippen molar-refractivity contribution in [3.8, 4) is 0 Å². The van der Waals surface area contributed by atoms with Gasteiger partial charge >= 0.3 is 0 Å². The number of aryl methyl sites for hydroxylation is 1. The van der Waals surface area contributed by atoms with Gasteiger partial charge in [0.2, 0.25) is 5.91 Å². The standard InChI is InChI=1S/C17H17N3O3S/c1-2-3-12-8-16(23)20-17(18-12)24-9-14(21)10-4-5-13-11(6-10)7-15(22)19-13/h4-6,8H,2-3,7,9H2,1H3,(H,19,22)(H,18,20,23). The molecular weight excluding hydrogens is 326 g/mol. The summed E-state index contributed by atoms with van der Waals surface area (Å²) < 4.78 is 0. The van der Waals surface area contributed by atoms with Gasteiger partial charge in [0.05, 0.1) is 12.2 Å². The predicted molar refractivity (Wildman–Crippen MR) is 92.7 cm³/mol. The molecule has 0 saturated heterocycles. The Morgan fingerprint density at radius 2 is 2.12 bits per heavy atom. The zero-order valence-electron chi connectivity index (χ0n) is 13.2. The van der Waals surface area contributed by atoms with Crippen LogP contribution in [0, 0.1) is 0 Å². The van der Waals surface area contributed by atoms with Crippen LogP contribution in [0.2, 0.25) is 0 Å². The van der Waals surface area contributed by atoms with E-state index in [9.17, 15) is 14.4 Å². The van der Waals surface area contributed by atoms with Crippen molar-refractivity contribution in [2.75, 3.05) is 11.1 Å². The maximum Gasteiger partial charge on any atom is 0.251 e. The molecule has 0 radical (unpaired) electrons. The van der Waals surface area contributed by atoms with Crippen LogP contribution >= 0.6 is 11.8 Å². The molecule has 2 heterocycles. The van der Waals surface area contributed by atoms with Crippen molar-refractivity contribution in [3.05, 3.63) is 51.4 Å². The molecule has 2 N–H and O–H groups in total. The third-order valence-electron chi connectivity index (χ3n) is 3.67. The van der Waals surface area contributed by atoms with Crippen LogP contribution in [0.25, 0.3) is 0 Å². The van der Waals surface area contributed by atoms with E-state index >= 15 is 0 Å². The molecule has 1 aliphatic rings. The smallest absolute Gasteiger partial charge is 0.251 e. The molecule has 0 saturated carbocycles. The zero-order valence-corrected chi connectivity index (χ0v) is 14.0. The first kappa shape index (κ1) is 16.4. The van der Waals surface area contributed by atoms with Crippen molar-refractivity contribution in [3.63, 3.8) is 0 Å². The van der Waals surface area contributed by atoms with E-state index in [0.29, 0.717) is 17.1 Å². The van der Waals surface area contributed by atoms with Gasteiger partial charge in [-0.15, -0.1) is 0 Å². The molecule has 1 aromatic heterocycles. The lowest BCUT2D eigenvalue weighted by atomic mass is 10.1. The minimum atomic E-state index is -0.203. The number of aromatic nitrogens is 2. The molecule has 124 valence electrons.